The van der Waals surface area contributed by atoms with Crippen molar-refractivity contribution in [1.82, 2.24) is 0 Å². The fourth-order valence-corrected chi connectivity index (χ4v) is 1.53. The number of benzene rings is 1. The lowest BCUT2D eigenvalue weighted by molar-refractivity contribution is 0.0504. The van der Waals surface area contributed by atoms with Gasteiger partial charge in [0.05, 0.1) is 18.8 Å². The van der Waals surface area contributed by atoms with Gasteiger partial charge in [-0.05, 0) is 17.9 Å². The zero-order valence-electron chi connectivity index (χ0n) is 10.2. The van der Waals surface area contributed by atoms with E-state index in [-0.39, 0.29) is 5.92 Å². The average Bonchev–Trinajstić information content (AvgIpc) is 2.36. The van der Waals surface area contributed by atoms with Crippen molar-refractivity contribution in [2.24, 2.45) is 5.92 Å². The normalized spacial score (nSPS) is 13.9. The highest BCUT2D eigenvalue weighted by Gasteiger charge is 2.13. The summed E-state index contributed by atoms with van der Waals surface area (Å²) in [6.07, 6.45) is 0.514. The van der Waals surface area contributed by atoms with Gasteiger partial charge in [0.15, 0.2) is 0 Å². The first-order valence-electron chi connectivity index (χ1n) is 5.90. The Morgan fingerprint density at radius 2 is 2.06 bits per heavy atom. The molecule has 1 aromatic carbocycles. The van der Waals surface area contributed by atoms with Crippen LogP contribution in [0.4, 0.5) is 0 Å². The molecule has 0 aromatic heterocycles. The highest BCUT2D eigenvalue weighted by atomic mass is 16.5. The first-order chi connectivity index (χ1) is 8.24. The van der Waals surface area contributed by atoms with Crippen LogP contribution in [0.1, 0.15) is 25.3 Å². The largest absolute Gasteiger partial charge is 0.393 e. The molecule has 3 heteroatoms. The van der Waals surface area contributed by atoms with Crippen LogP contribution in [0.5, 0.6) is 0 Å². The molecule has 0 aliphatic heterocycles. The lowest BCUT2D eigenvalue weighted by Crippen LogP contribution is -2.19. The maximum atomic E-state index is 9.71. The minimum Gasteiger partial charge on any atom is -0.393 e. The molecule has 0 fully saturated rings. The van der Waals surface area contributed by atoms with E-state index in [9.17, 15) is 5.11 Å². The molecule has 0 saturated carbocycles. The SMILES string of the molecule is C[C@@H](CC#N)[C@@H](O)CCOCc1ccccc1. The molecule has 0 radical (unpaired) electrons. The van der Waals surface area contributed by atoms with Crippen LogP contribution < -0.4 is 0 Å². The van der Waals surface area contributed by atoms with Crippen LogP contribution in [0.2, 0.25) is 0 Å². The van der Waals surface area contributed by atoms with Crippen molar-refractivity contribution in [3.63, 3.8) is 0 Å². The van der Waals surface area contributed by atoms with Gasteiger partial charge in [0, 0.05) is 13.0 Å². The third kappa shape index (κ3) is 5.48. The van der Waals surface area contributed by atoms with Crippen molar-refractivity contribution >= 4 is 0 Å². The quantitative estimate of drug-likeness (QED) is 0.736. The Morgan fingerprint density at radius 3 is 2.71 bits per heavy atom. The highest BCUT2D eigenvalue weighted by Crippen LogP contribution is 2.11. The number of hydrogen-bond donors (Lipinski definition) is 1. The number of ether oxygens (including phenoxy) is 1. The van der Waals surface area contributed by atoms with Gasteiger partial charge < -0.3 is 9.84 Å². The number of aliphatic hydroxyl groups excluding tert-OH is 1. The van der Waals surface area contributed by atoms with Crippen LogP contribution in [0.15, 0.2) is 30.3 Å². The Balaban J connectivity index is 2.14. The van der Waals surface area contributed by atoms with E-state index in [1.165, 1.54) is 0 Å². The van der Waals surface area contributed by atoms with Crippen molar-refractivity contribution < 1.29 is 9.84 Å². The van der Waals surface area contributed by atoms with E-state index in [1.54, 1.807) is 0 Å². The number of nitriles is 1. The molecule has 0 saturated heterocycles. The van der Waals surface area contributed by atoms with Gasteiger partial charge in [-0.15, -0.1) is 0 Å². The predicted octanol–water partition coefficient (Wildman–Crippen LogP) is 2.50. The van der Waals surface area contributed by atoms with E-state index in [4.69, 9.17) is 10.00 Å². The summed E-state index contributed by atoms with van der Waals surface area (Å²) < 4.78 is 5.48. The number of aliphatic hydroxyl groups is 1. The van der Waals surface area contributed by atoms with E-state index in [0.29, 0.717) is 26.1 Å². The lowest BCUT2D eigenvalue weighted by Gasteiger charge is -2.15. The molecular weight excluding hydrogens is 214 g/mol. The average molecular weight is 233 g/mol. The first kappa shape index (κ1) is 13.7. The second kappa shape index (κ2) is 7.83. The van der Waals surface area contributed by atoms with Gasteiger partial charge in [-0.3, -0.25) is 0 Å². The zero-order chi connectivity index (χ0) is 12.5. The Kier molecular flexibility index (Phi) is 6.31. The molecule has 92 valence electrons. The molecule has 1 rings (SSSR count). The van der Waals surface area contributed by atoms with Gasteiger partial charge >= 0.3 is 0 Å². The molecule has 0 amide bonds. The predicted molar refractivity (Wildman–Crippen MR) is 66.1 cm³/mol. The van der Waals surface area contributed by atoms with Crippen molar-refractivity contribution in [3.8, 4) is 6.07 Å². The van der Waals surface area contributed by atoms with Gasteiger partial charge in [0.25, 0.3) is 0 Å². The molecule has 17 heavy (non-hydrogen) atoms. The Labute approximate surface area is 103 Å². The van der Waals surface area contributed by atoms with Crippen LogP contribution in [-0.4, -0.2) is 17.8 Å². The van der Waals surface area contributed by atoms with Crippen molar-refractivity contribution in [2.45, 2.75) is 32.5 Å². The lowest BCUT2D eigenvalue weighted by atomic mass is 9.99. The van der Waals surface area contributed by atoms with Gasteiger partial charge in [0.2, 0.25) is 0 Å². The molecule has 0 aliphatic rings. The Hall–Kier alpha value is -1.37. The summed E-state index contributed by atoms with van der Waals surface area (Å²) in [6, 6.07) is 12.0. The standard InChI is InChI=1S/C14H19NO2/c1-12(7-9-15)14(16)8-10-17-11-13-5-3-2-4-6-13/h2-6,12,14,16H,7-8,10-11H2,1H3/t12-,14-/m0/s1. The van der Waals surface area contributed by atoms with Gasteiger partial charge in [-0.25, -0.2) is 0 Å². The zero-order valence-corrected chi connectivity index (χ0v) is 10.2. The first-order valence-corrected chi connectivity index (χ1v) is 5.90. The molecule has 0 aliphatic carbocycles. The molecule has 0 unspecified atom stereocenters. The molecule has 0 spiro atoms. The number of nitrogens with zero attached hydrogens (tertiary/aromatic N) is 1. The van der Waals surface area contributed by atoms with Crippen LogP contribution >= 0.6 is 0 Å². The summed E-state index contributed by atoms with van der Waals surface area (Å²) in [5.74, 6) is 0.0142. The second-order valence-corrected chi connectivity index (χ2v) is 4.23. The maximum absolute atomic E-state index is 9.71. The van der Waals surface area contributed by atoms with E-state index in [0.717, 1.165) is 5.56 Å². The molecule has 1 N–H and O–H groups in total. The van der Waals surface area contributed by atoms with E-state index < -0.39 is 6.10 Å². The summed E-state index contributed by atoms with van der Waals surface area (Å²) >= 11 is 0. The monoisotopic (exact) mass is 233 g/mol. The summed E-state index contributed by atoms with van der Waals surface area (Å²) in [5, 5.41) is 18.2. The molecule has 0 bridgehead atoms. The third-order valence-electron chi connectivity index (χ3n) is 2.74. The molecule has 0 heterocycles. The fraction of sp³-hybridized carbons (Fsp3) is 0.500. The van der Waals surface area contributed by atoms with Crippen molar-refractivity contribution in [2.75, 3.05) is 6.61 Å². The maximum Gasteiger partial charge on any atom is 0.0716 e. The van der Waals surface area contributed by atoms with E-state index in [1.807, 2.05) is 37.3 Å². The van der Waals surface area contributed by atoms with Crippen LogP contribution in [0.25, 0.3) is 0 Å². The van der Waals surface area contributed by atoms with E-state index >= 15 is 0 Å². The summed E-state index contributed by atoms with van der Waals surface area (Å²) in [5.41, 5.74) is 1.13. The molecule has 3 nitrogen and oxygen atoms in total. The van der Waals surface area contributed by atoms with Crippen molar-refractivity contribution in [3.05, 3.63) is 35.9 Å². The van der Waals surface area contributed by atoms with E-state index in [2.05, 4.69) is 6.07 Å². The summed E-state index contributed by atoms with van der Waals surface area (Å²) in [6.45, 7) is 2.97. The van der Waals surface area contributed by atoms with Crippen LogP contribution in [0, 0.1) is 17.2 Å². The highest BCUT2D eigenvalue weighted by molar-refractivity contribution is 5.13. The molecule has 2 atom stereocenters. The van der Waals surface area contributed by atoms with Crippen molar-refractivity contribution in [1.29, 1.82) is 5.26 Å². The third-order valence-corrected chi connectivity index (χ3v) is 2.74. The molecule has 1 aromatic rings. The van der Waals surface area contributed by atoms with Crippen LogP contribution in [-0.2, 0) is 11.3 Å². The number of hydrogen-bond acceptors (Lipinski definition) is 3. The summed E-state index contributed by atoms with van der Waals surface area (Å²) in [7, 11) is 0. The van der Waals surface area contributed by atoms with Crippen LogP contribution in [0.3, 0.4) is 0 Å². The van der Waals surface area contributed by atoms with Gasteiger partial charge in [-0.1, -0.05) is 37.3 Å². The fourth-order valence-electron chi connectivity index (χ4n) is 1.53. The topological polar surface area (TPSA) is 53.2 Å². The minimum atomic E-state index is -0.453. The Morgan fingerprint density at radius 1 is 1.35 bits per heavy atom. The minimum absolute atomic E-state index is 0.0142. The number of rotatable bonds is 7. The van der Waals surface area contributed by atoms with Gasteiger partial charge in [0.1, 0.15) is 0 Å². The van der Waals surface area contributed by atoms with Gasteiger partial charge in [-0.2, -0.15) is 5.26 Å². The smallest absolute Gasteiger partial charge is 0.0716 e. The Bertz CT molecular complexity index is 345. The second-order valence-electron chi connectivity index (χ2n) is 4.23. The summed E-state index contributed by atoms with van der Waals surface area (Å²) in [4.78, 5) is 0. The molecular formula is C14H19NO2.